The van der Waals surface area contributed by atoms with Crippen LogP contribution in [0, 0.1) is 13.8 Å². The number of hydrogen-bond acceptors (Lipinski definition) is 4. The monoisotopic (exact) mass is 251 g/mol. The van der Waals surface area contributed by atoms with Crippen molar-refractivity contribution in [1.82, 2.24) is 0 Å². The van der Waals surface area contributed by atoms with Crippen LogP contribution in [-0.4, -0.2) is 23.3 Å². The molecule has 0 atom stereocenters. The van der Waals surface area contributed by atoms with Crippen LogP contribution in [0.5, 0.6) is 0 Å². The number of anilines is 1. The molecule has 0 aliphatic carbocycles. The minimum atomic E-state index is -0.832. The molecule has 0 fully saturated rings. The van der Waals surface area contributed by atoms with E-state index in [1.165, 1.54) is 0 Å². The van der Waals surface area contributed by atoms with Gasteiger partial charge in [-0.15, -0.1) is 0 Å². The Labute approximate surface area is 108 Å². The summed E-state index contributed by atoms with van der Waals surface area (Å²) in [5.74, 6) is -0.400. The molecule has 0 aromatic heterocycles. The van der Waals surface area contributed by atoms with E-state index in [0.717, 1.165) is 11.1 Å². The van der Waals surface area contributed by atoms with Crippen LogP contribution in [-0.2, 0) is 4.74 Å². The van der Waals surface area contributed by atoms with E-state index in [1.807, 2.05) is 19.9 Å². The standard InChI is InChI=1S/C14H21NO3/c1-9-7-10(2)12(15)8-11(9)13(16)18-6-5-14(3,4)17/h7-8,17H,5-6,15H2,1-4H3. The summed E-state index contributed by atoms with van der Waals surface area (Å²) in [5, 5.41) is 9.52. The number of hydrogen-bond donors (Lipinski definition) is 2. The molecule has 0 radical (unpaired) electrons. The van der Waals surface area contributed by atoms with Gasteiger partial charge in [0.25, 0.3) is 0 Å². The minimum Gasteiger partial charge on any atom is -0.462 e. The van der Waals surface area contributed by atoms with Gasteiger partial charge in [0.05, 0.1) is 17.8 Å². The van der Waals surface area contributed by atoms with Gasteiger partial charge in [0.15, 0.2) is 0 Å². The molecule has 0 aliphatic heterocycles. The average molecular weight is 251 g/mol. The maximum atomic E-state index is 11.9. The normalized spacial score (nSPS) is 11.4. The van der Waals surface area contributed by atoms with Crippen molar-refractivity contribution in [3.8, 4) is 0 Å². The number of carbonyl (C=O) groups is 1. The number of nitrogen functional groups attached to an aromatic ring is 1. The third kappa shape index (κ3) is 4.04. The van der Waals surface area contributed by atoms with E-state index in [0.29, 0.717) is 17.7 Å². The second-order valence-electron chi connectivity index (χ2n) is 5.22. The van der Waals surface area contributed by atoms with E-state index in [2.05, 4.69) is 0 Å². The fourth-order valence-electron chi connectivity index (χ4n) is 1.56. The SMILES string of the molecule is Cc1cc(C)c(C(=O)OCCC(C)(C)O)cc1N. The third-order valence-corrected chi connectivity index (χ3v) is 2.78. The Morgan fingerprint density at radius 3 is 2.50 bits per heavy atom. The van der Waals surface area contributed by atoms with E-state index in [9.17, 15) is 9.90 Å². The molecular formula is C14H21NO3. The zero-order valence-corrected chi connectivity index (χ0v) is 11.4. The van der Waals surface area contributed by atoms with Gasteiger partial charge in [-0.05, 0) is 44.9 Å². The second kappa shape index (κ2) is 5.40. The number of carbonyl (C=O) groups excluding carboxylic acids is 1. The van der Waals surface area contributed by atoms with Crippen molar-refractivity contribution in [2.45, 2.75) is 39.7 Å². The Hall–Kier alpha value is -1.55. The zero-order chi connectivity index (χ0) is 13.9. The highest BCUT2D eigenvalue weighted by Crippen LogP contribution is 2.19. The van der Waals surface area contributed by atoms with Gasteiger partial charge in [-0.3, -0.25) is 0 Å². The van der Waals surface area contributed by atoms with E-state index < -0.39 is 11.6 Å². The van der Waals surface area contributed by atoms with E-state index in [-0.39, 0.29) is 6.61 Å². The van der Waals surface area contributed by atoms with Crippen molar-refractivity contribution in [2.24, 2.45) is 0 Å². The van der Waals surface area contributed by atoms with Crippen LogP contribution in [0.3, 0.4) is 0 Å². The number of nitrogens with two attached hydrogens (primary N) is 1. The molecule has 1 rings (SSSR count). The van der Waals surface area contributed by atoms with Crippen LogP contribution in [0.15, 0.2) is 12.1 Å². The summed E-state index contributed by atoms with van der Waals surface area (Å²) >= 11 is 0. The summed E-state index contributed by atoms with van der Waals surface area (Å²) in [7, 11) is 0. The second-order valence-corrected chi connectivity index (χ2v) is 5.22. The third-order valence-electron chi connectivity index (χ3n) is 2.78. The first-order chi connectivity index (χ1) is 8.20. The molecule has 0 unspecified atom stereocenters. The number of rotatable bonds is 4. The average Bonchev–Trinajstić information content (AvgIpc) is 2.21. The van der Waals surface area contributed by atoms with Gasteiger partial charge >= 0.3 is 5.97 Å². The number of benzene rings is 1. The highest BCUT2D eigenvalue weighted by Gasteiger charge is 2.16. The summed E-state index contributed by atoms with van der Waals surface area (Å²) in [5.41, 5.74) is 7.79. The van der Waals surface area contributed by atoms with Crippen LogP contribution < -0.4 is 5.73 Å². The maximum Gasteiger partial charge on any atom is 0.338 e. The lowest BCUT2D eigenvalue weighted by molar-refractivity contribution is 0.0244. The van der Waals surface area contributed by atoms with Crippen molar-refractivity contribution in [2.75, 3.05) is 12.3 Å². The molecular weight excluding hydrogens is 230 g/mol. The van der Waals surface area contributed by atoms with Crippen molar-refractivity contribution in [3.63, 3.8) is 0 Å². The Morgan fingerprint density at radius 1 is 1.33 bits per heavy atom. The summed E-state index contributed by atoms with van der Waals surface area (Å²) in [6.07, 6.45) is 0.402. The van der Waals surface area contributed by atoms with Gasteiger partial charge in [0.2, 0.25) is 0 Å². The lowest BCUT2D eigenvalue weighted by Gasteiger charge is -2.17. The van der Waals surface area contributed by atoms with Crippen LogP contribution >= 0.6 is 0 Å². The van der Waals surface area contributed by atoms with Gasteiger partial charge in [-0.2, -0.15) is 0 Å². The molecule has 0 spiro atoms. The lowest BCUT2D eigenvalue weighted by atomic mass is 10.0. The molecule has 0 bridgehead atoms. The topological polar surface area (TPSA) is 72.5 Å². The first-order valence-electron chi connectivity index (χ1n) is 5.97. The number of aryl methyl sites for hydroxylation is 2. The lowest BCUT2D eigenvalue weighted by Crippen LogP contribution is -2.22. The molecule has 4 heteroatoms. The Morgan fingerprint density at radius 2 is 1.94 bits per heavy atom. The van der Waals surface area contributed by atoms with Crippen molar-refractivity contribution in [3.05, 3.63) is 28.8 Å². The number of esters is 1. The van der Waals surface area contributed by atoms with E-state index in [1.54, 1.807) is 19.9 Å². The van der Waals surface area contributed by atoms with Crippen molar-refractivity contribution < 1.29 is 14.6 Å². The van der Waals surface area contributed by atoms with Gasteiger partial charge in [-0.25, -0.2) is 4.79 Å². The smallest absolute Gasteiger partial charge is 0.338 e. The van der Waals surface area contributed by atoms with Crippen molar-refractivity contribution >= 4 is 11.7 Å². The number of ether oxygens (including phenoxy) is 1. The summed E-state index contributed by atoms with van der Waals surface area (Å²) < 4.78 is 5.13. The minimum absolute atomic E-state index is 0.190. The molecule has 3 N–H and O–H groups in total. The summed E-state index contributed by atoms with van der Waals surface area (Å²) in [6, 6.07) is 3.50. The molecule has 0 saturated carbocycles. The Kier molecular flexibility index (Phi) is 4.35. The summed E-state index contributed by atoms with van der Waals surface area (Å²) in [6.45, 7) is 7.28. The largest absolute Gasteiger partial charge is 0.462 e. The molecule has 4 nitrogen and oxygen atoms in total. The fourth-order valence-corrected chi connectivity index (χ4v) is 1.56. The highest BCUT2D eigenvalue weighted by molar-refractivity contribution is 5.92. The van der Waals surface area contributed by atoms with Crippen LogP contribution in [0.25, 0.3) is 0 Å². The molecule has 18 heavy (non-hydrogen) atoms. The van der Waals surface area contributed by atoms with E-state index >= 15 is 0 Å². The van der Waals surface area contributed by atoms with Crippen LogP contribution in [0.1, 0.15) is 41.8 Å². The predicted octanol–water partition coefficient (Wildman–Crippen LogP) is 2.20. The van der Waals surface area contributed by atoms with E-state index in [4.69, 9.17) is 10.5 Å². The highest BCUT2D eigenvalue weighted by atomic mass is 16.5. The number of aliphatic hydroxyl groups is 1. The predicted molar refractivity (Wildman–Crippen MR) is 71.5 cm³/mol. The Bertz CT molecular complexity index is 447. The molecule has 1 aromatic rings. The zero-order valence-electron chi connectivity index (χ0n) is 11.4. The van der Waals surface area contributed by atoms with Gasteiger partial charge in [0, 0.05) is 12.1 Å². The molecule has 0 heterocycles. The summed E-state index contributed by atoms with van der Waals surface area (Å²) in [4.78, 5) is 11.9. The van der Waals surface area contributed by atoms with Gasteiger partial charge in [0.1, 0.15) is 0 Å². The quantitative estimate of drug-likeness (QED) is 0.635. The Balaban J connectivity index is 2.70. The molecule has 0 amide bonds. The molecule has 0 aliphatic rings. The maximum absolute atomic E-state index is 11.9. The first kappa shape index (κ1) is 14.5. The van der Waals surface area contributed by atoms with Crippen LogP contribution in [0.2, 0.25) is 0 Å². The molecule has 1 aromatic carbocycles. The van der Waals surface area contributed by atoms with Gasteiger partial charge in [-0.1, -0.05) is 6.07 Å². The van der Waals surface area contributed by atoms with Gasteiger partial charge < -0.3 is 15.6 Å². The van der Waals surface area contributed by atoms with Crippen LogP contribution in [0.4, 0.5) is 5.69 Å². The fraction of sp³-hybridized carbons (Fsp3) is 0.500. The van der Waals surface area contributed by atoms with Crippen molar-refractivity contribution in [1.29, 1.82) is 0 Å². The first-order valence-corrected chi connectivity index (χ1v) is 5.97. The molecule has 100 valence electrons. The molecule has 0 saturated heterocycles.